The number of carbonyl (C=O) groups excluding carboxylic acids is 2. The number of likely N-dealkylation sites (N-methyl/N-ethyl adjacent to an activating group) is 1. The van der Waals surface area contributed by atoms with Crippen LogP contribution in [0.2, 0.25) is 5.02 Å². The molecule has 2 aromatic rings. The summed E-state index contributed by atoms with van der Waals surface area (Å²) >= 11 is 5.90. The summed E-state index contributed by atoms with van der Waals surface area (Å²) in [5, 5.41) is 2.65. The monoisotopic (exact) mass is 321 g/mol. The van der Waals surface area contributed by atoms with E-state index in [0.717, 1.165) is 6.07 Å². The number of hydrogen-bond donors (Lipinski definition) is 1. The second kappa shape index (κ2) is 7.00. The Bertz CT molecular complexity index is 694. The highest BCUT2D eigenvalue weighted by Gasteiger charge is 2.19. The lowest BCUT2D eigenvalue weighted by atomic mass is 10.2. The van der Waals surface area contributed by atoms with Crippen molar-refractivity contribution < 1.29 is 14.0 Å². The molecule has 0 fully saturated rings. The predicted octanol–water partition coefficient (Wildman–Crippen LogP) is 2.47. The van der Waals surface area contributed by atoms with Crippen LogP contribution in [0.15, 0.2) is 42.7 Å². The van der Waals surface area contributed by atoms with Crippen molar-refractivity contribution >= 4 is 29.1 Å². The van der Waals surface area contributed by atoms with Crippen molar-refractivity contribution in [2.45, 2.75) is 6.54 Å². The van der Waals surface area contributed by atoms with Crippen molar-refractivity contribution in [1.29, 1.82) is 0 Å². The van der Waals surface area contributed by atoms with E-state index in [1.54, 1.807) is 18.3 Å². The summed E-state index contributed by atoms with van der Waals surface area (Å²) in [6.45, 7) is 0.0956. The Morgan fingerprint density at radius 1 is 1.36 bits per heavy atom. The maximum absolute atomic E-state index is 13.0. The molecule has 1 aromatic carbocycles. The van der Waals surface area contributed by atoms with E-state index in [1.165, 1.54) is 30.3 Å². The van der Waals surface area contributed by atoms with Gasteiger partial charge in [-0.1, -0.05) is 17.7 Å². The van der Waals surface area contributed by atoms with E-state index < -0.39 is 17.6 Å². The Morgan fingerprint density at radius 2 is 2.14 bits per heavy atom. The standard InChI is InChI=1S/C15H13ClFN3O2/c1-20(9-10-4-5-11(17)7-13(10)16)15(22)14(21)19-12-3-2-6-18-8-12/h2-8H,9H2,1H3,(H,19,21). The Morgan fingerprint density at radius 3 is 2.77 bits per heavy atom. The lowest BCUT2D eigenvalue weighted by Gasteiger charge is -2.17. The van der Waals surface area contributed by atoms with E-state index >= 15 is 0 Å². The van der Waals surface area contributed by atoms with Crippen LogP contribution in [0.3, 0.4) is 0 Å². The van der Waals surface area contributed by atoms with E-state index in [-0.39, 0.29) is 11.6 Å². The molecule has 22 heavy (non-hydrogen) atoms. The first-order valence-electron chi connectivity index (χ1n) is 6.38. The molecular formula is C15H13ClFN3O2. The zero-order chi connectivity index (χ0) is 16.1. The van der Waals surface area contributed by atoms with Crippen LogP contribution in [-0.4, -0.2) is 28.7 Å². The van der Waals surface area contributed by atoms with Crippen molar-refractivity contribution in [3.8, 4) is 0 Å². The maximum atomic E-state index is 13.0. The molecule has 7 heteroatoms. The van der Waals surface area contributed by atoms with E-state index in [2.05, 4.69) is 10.3 Å². The van der Waals surface area contributed by atoms with Gasteiger partial charge < -0.3 is 10.2 Å². The Labute approximate surface area is 131 Å². The first-order chi connectivity index (χ1) is 10.5. The van der Waals surface area contributed by atoms with Gasteiger partial charge >= 0.3 is 11.8 Å². The van der Waals surface area contributed by atoms with E-state index in [1.807, 2.05) is 0 Å². The highest BCUT2D eigenvalue weighted by atomic mass is 35.5. The molecule has 5 nitrogen and oxygen atoms in total. The van der Waals surface area contributed by atoms with Gasteiger partial charge in [0.1, 0.15) is 5.82 Å². The molecule has 114 valence electrons. The minimum absolute atomic E-state index is 0.0956. The number of carbonyl (C=O) groups is 2. The van der Waals surface area contributed by atoms with Crippen LogP contribution in [0, 0.1) is 5.82 Å². The fourth-order valence-electron chi connectivity index (χ4n) is 1.77. The molecule has 1 aromatic heterocycles. The minimum atomic E-state index is -0.784. The van der Waals surface area contributed by atoms with Crippen LogP contribution < -0.4 is 5.32 Å². The topological polar surface area (TPSA) is 62.3 Å². The van der Waals surface area contributed by atoms with Crippen molar-refractivity contribution in [3.05, 3.63) is 59.1 Å². The number of nitrogens with one attached hydrogen (secondary N) is 1. The summed E-state index contributed by atoms with van der Waals surface area (Å²) in [4.78, 5) is 28.9. The lowest BCUT2D eigenvalue weighted by Crippen LogP contribution is -2.36. The van der Waals surface area contributed by atoms with Gasteiger partial charge in [-0.05, 0) is 29.8 Å². The minimum Gasteiger partial charge on any atom is -0.333 e. The number of benzene rings is 1. The molecule has 0 bridgehead atoms. The van der Waals surface area contributed by atoms with E-state index in [9.17, 15) is 14.0 Å². The highest BCUT2D eigenvalue weighted by molar-refractivity contribution is 6.39. The molecule has 0 radical (unpaired) electrons. The molecule has 0 atom stereocenters. The lowest BCUT2D eigenvalue weighted by molar-refractivity contribution is -0.142. The molecular weight excluding hydrogens is 309 g/mol. The fraction of sp³-hybridized carbons (Fsp3) is 0.133. The molecule has 1 N–H and O–H groups in total. The number of nitrogens with zero attached hydrogens (tertiary/aromatic N) is 2. The summed E-state index contributed by atoms with van der Waals surface area (Å²) in [6.07, 6.45) is 2.99. The average molecular weight is 322 g/mol. The van der Waals surface area contributed by atoms with Gasteiger partial charge in [-0.15, -0.1) is 0 Å². The van der Waals surface area contributed by atoms with Gasteiger partial charge in [0.15, 0.2) is 0 Å². The molecule has 0 spiro atoms. The second-order valence-corrected chi connectivity index (χ2v) is 5.00. The Hall–Kier alpha value is -2.47. The zero-order valence-corrected chi connectivity index (χ0v) is 12.5. The van der Waals surface area contributed by atoms with Crippen LogP contribution in [0.1, 0.15) is 5.56 Å². The smallest absolute Gasteiger partial charge is 0.313 e. The van der Waals surface area contributed by atoms with Gasteiger partial charge in [0.2, 0.25) is 0 Å². The summed E-state index contributed by atoms with van der Waals surface area (Å²) < 4.78 is 13.0. The summed E-state index contributed by atoms with van der Waals surface area (Å²) in [7, 11) is 1.46. The number of aromatic nitrogens is 1. The van der Waals surface area contributed by atoms with Crippen LogP contribution in [0.5, 0.6) is 0 Å². The first kappa shape index (κ1) is 15.9. The van der Waals surface area contributed by atoms with E-state index in [0.29, 0.717) is 11.3 Å². The zero-order valence-electron chi connectivity index (χ0n) is 11.7. The molecule has 2 amide bonds. The molecule has 0 saturated heterocycles. The number of halogens is 2. The normalized spacial score (nSPS) is 10.1. The predicted molar refractivity (Wildman–Crippen MR) is 80.8 cm³/mol. The molecule has 0 aliphatic carbocycles. The molecule has 0 aliphatic rings. The van der Waals surface area contributed by atoms with Crippen molar-refractivity contribution in [1.82, 2.24) is 9.88 Å². The number of amides is 2. The Balaban J connectivity index is 2.01. The number of pyridine rings is 1. The van der Waals surface area contributed by atoms with Gasteiger partial charge in [-0.3, -0.25) is 14.6 Å². The van der Waals surface area contributed by atoms with Gasteiger partial charge in [0.25, 0.3) is 0 Å². The van der Waals surface area contributed by atoms with Gasteiger partial charge in [0.05, 0.1) is 11.9 Å². The number of rotatable bonds is 3. The molecule has 0 aliphatic heterocycles. The summed E-state index contributed by atoms with van der Waals surface area (Å²) in [5.74, 6) is -1.98. The average Bonchev–Trinajstić information content (AvgIpc) is 2.50. The van der Waals surface area contributed by atoms with E-state index in [4.69, 9.17) is 11.6 Å². The molecule has 0 unspecified atom stereocenters. The van der Waals surface area contributed by atoms with Crippen molar-refractivity contribution in [3.63, 3.8) is 0 Å². The third-order valence-corrected chi connectivity index (χ3v) is 3.23. The van der Waals surface area contributed by atoms with Crippen molar-refractivity contribution in [2.24, 2.45) is 0 Å². The van der Waals surface area contributed by atoms with Gasteiger partial charge in [-0.2, -0.15) is 0 Å². The number of hydrogen-bond acceptors (Lipinski definition) is 3. The fourth-order valence-corrected chi connectivity index (χ4v) is 2.00. The third kappa shape index (κ3) is 4.02. The first-order valence-corrected chi connectivity index (χ1v) is 6.75. The van der Waals surface area contributed by atoms with Crippen LogP contribution in [0.25, 0.3) is 0 Å². The molecule has 2 rings (SSSR count). The largest absolute Gasteiger partial charge is 0.333 e. The molecule has 1 heterocycles. The van der Waals surface area contributed by atoms with Crippen LogP contribution >= 0.6 is 11.6 Å². The summed E-state index contributed by atoms with van der Waals surface area (Å²) in [5.41, 5.74) is 0.974. The second-order valence-electron chi connectivity index (χ2n) is 4.59. The molecule has 0 saturated carbocycles. The SMILES string of the molecule is CN(Cc1ccc(F)cc1Cl)C(=O)C(=O)Nc1cccnc1. The third-order valence-electron chi connectivity index (χ3n) is 2.88. The quantitative estimate of drug-likeness (QED) is 0.883. The van der Waals surface area contributed by atoms with Gasteiger partial charge in [-0.25, -0.2) is 4.39 Å². The maximum Gasteiger partial charge on any atom is 0.313 e. The van der Waals surface area contributed by atoms with Crippen molar-refractivity contribution in [2.75, 3.05) is 12.4 Å². The Kier molecular flexibility index (Phi) is 5.06. The highest BCUT2D eigenvalue weighted by Crippen LogP contribution is 2.18. The van der Waals surface area contributed by atoms with Crippen LogP contribution in [0.4, 0.5) is 10.1 Å². The van der Waals surface area contributed by atoms with Gasteiger partial charge in [0, 0.05) is 24.8 Å². The number of anilines is 1. The van der Waals surface area contributed by atoms with Crippen LogP contribution in [-0.2, 0) is 16.1 Å². The summed E-state index contributed by atoms with van der Waals surface area (Å²) in [6, 6.07) is 7.14.